The molecule has 0 saturated carbocycles. The molecule has 6 heteroatoms. The minimum Gasteiger partial charge on any atom is -0.495 e. The summed E-state index contributed by atoms with van der Waals surface area (Å²) in [6.45, 7) is 3.91. The van der Waals surface area contributed by atoms with Gasteiger partial charge in [-0.25, -0.2) is 0 Å². The molecule has 1 aliphatic heterocycles. The van der Waals surface area contributed by atoms with Crippen LogP contribution in [0.15, 0.2) is 12.1 Å². The van der Waals surface area contributed by atoms with Crippen molar-refractivity contribution in [1.29, 1.82) is 0 Å². The number of rotatable bonds is 4. The molecule has 2 amide bonds. The summed E-state index contributed by atoms with van der Waals surface area (Å²) in [7, 11) is 1.55. The van der Waals surface area contributed by atoms with Gasteiger partial charge in [0.15, 0.2) is 0 Å². The molecule has 0 spiro atoms. The highest BCUT2D eigenvalue weighted by atomic mass is 35.5. The van der Waals surface area contributed by atoms with Crippen LogP contribution in [0.5, 0.6) is 5.75 Å². The van der Waals surface area contributed by atoms with Crippen LogP contribution in [-0.2, 0) is 9.59 Å². The molecule has 1 aromatic rings. The van der Waals surface area contributed by atoms with Gasteiger partial charge < -0.3 is 15.0 Å². The lowest BCUT2D eigenvalue weighted by atomic mass is 10.1. The molecule has 0 unspecified atom stereocenters. The highest BCUT2D eigenvalue weighted by Gasteiger charge is 2.41. The van der Waals surface area contributed by atoms with Crippen LogP contribution in [0.3, 0.4) is 0 Å². The van der Waals surface area contributed by atoms with Crippen LogP contribution in [-0.4, -0.2) is 25.5 Å². The standard InChI is InChI=1S/C14H17ClN2O3/c1-4-7-17-13-10(20-3)6-5-9(15)11(13)12(14(17)19)16-8(2)18/h5-6,12H,4,7H2,1-3H3,(H,16,18)/t12-/m0/s1. The number of benzene rings is 1. The van der Waals surface area contributed by atoms with E-state index in [4.69, 9.17) is 16.3 Å². The molecule has 0 fully saturated rings. The third-order valence-corrected chi connectivity index (χ3v) is 3.54. The summed E-state index contributed by atoms with van der Waals surface area (Å²) >= 11 is 6.22. The van der Waals surface area contributed by atoms with Gasteiger partial charge in [0.2, 0.25) is 5.91 Å². The van der Waals surface area contributed by atoms with Crippen molar-refractivity contribution in [2.75, 3.05) is 18.6 Å². The monoisotopic (exact) mass is 296 g/mol. The molecule has 108 valence electrons. The SMILES string of the molecule is CCCN1C(=O)[C@@H](NC(C)=O)c2c(Cl)ccc(OC)c21. The molecule has 1 atom stereocenters. The van der Waals surface area contributed by atoms with Gasteiger partial charge in [-0.3, -0.25) is 9.59 Å². The molecule has 0 radical (unpaired) electrons. The molecule has 1 aliphatic rings. The minimum atomic E-state index is -0.739. The fourth-order valence-electron chi connectivity index (χ4n) is 2.45. The highest BCUT2D eigenvalue weighted by Crippen LogP contribution is 2.46. The van der Waals surface area contributed by atoms with Crippen LogP contribution in [0.4, 0.5) is 5.69 Å². The number of nitrogens with zero attached hydrogens (tertiary/aromatic N) is 1. The van der Waals surface area contributed by atoms with E-state index in [1.165, 1.54) is 6.92 Å². The zero-order chi connectivity index (χ0) is 14.9. The molecule has 1 N–H and O–H groups in total. The first-order chi connectivity index (χ1) is 9.51. The van der Waals surface area contributed by atoms with Crippen LogP contribution in [0, 0.1) is 0 Å². The molecular formula is C14H17ClN2O3. The first-order valence-electron chi connectivity index (χ1n) is 6.46. The van der Waals surface area contributed by atoms with Crippen LogP contribution in [0.25, 0.3) is 0 Å². The lowest BCUT2D eigenvalue weighted by Gasteiger charge is -2.19. The molecule has 0 bridgehead atoms. The number of carbonyl (C=O) groups excluding carboxylic acids is 2. The van der Waals surface area contributed by atoms with Gasteiger partial charge in [0, 0.05) is 24.1 Å². The Morgan fingerprint density at radius 3 is 2.75 bits per heavy atom. The number of carbonyl (C=O) groups is 2. The molecule has 1 aromatic carbocycles. The zero-order valence-electron chi connectivity index (χ0n) is 11.7. The summed E-state index contributed by atoms with van der Waals surface area (Å²) in [4.78, 5) is 25.5. The topological polar surface area (TPSA) is 58.6 Å². The van der Waals surface area contributed by atoms with Crippen molar-refractivity contribution >= 4 is 29.1 Å². The van der Waals surface area contributed by atoms with Crippen molar-refractivity contribution in [3.63, 3.8) is 0 Å². The average Bonchev–Trinajstić information content (AvgIpc) is 2.66. The number of ether oxygens (including phenoxy) is 1. The van der Waals surface area contributed by atoms with Gasteiger partial charge in [-0.1, -0.05) is 18.5 Å². The van der Waals surface area contributed by atoms with Gasteiger partial charge in [-0.15, -0.1) is 0 Å². The molecule has 0 aromatic heterocycles. The predicted octanol–water partition coefficient (Wildman–Crippen LogP) is 2.28. The molecular weight excluding hydrogens is 280 g/mol. The summed E-state index contributed by atoms with van der Waals surface area (Å²) in [5.41, 5.74) is 1.27. The predicted molar refractivity (Wildman–Crippen MR) is 77.2 cm³/mol. The third kappa shape index (κ3) is 2.33. The van der Waals surface area contributed by atoms with Crippen LogP contribution < -0.4 is 15.0 Å². The van der Waals surface area contributed by atoms with E-state index in [9.17, 15) is 9.59 Å². The maximum atomic E-state index is 12.5. The van der Waals surface area contributed by atoms with Crippen LogP contribution in [0.1, 0.15) is 31.9 Å². The fraction of sp³-hybridized carbons (Fsp3) is 0.429. The Kier molecular flexibility index (Phi) is 4.18. The largest absolute Gasteiger partial charge is 0.495 e. The van der Waals surface area contributed by atoms with Crippen molar-refractivity contribution in [2.45, 2.75) is 26.3 Å². The van der Waals surface area contributed by atoms with Gasteiger partial charge in [-0.05, 0) is 18.6 Å². The number of nitrogens with one attached hydrogen (secondary N) is 1. The van der Waals surface area contributed by atoms with Crippen molar-refractivity contribution in [3.05, 3.63) is 22.7 Å². The number of amides is 2. The molecule has 20 heavy (non-hydrogen) atoms. The van der Waals surface area contributed by atoms with Crippen molar-refractivity contribution in [3.8, 4) is 5.75 Å². The molecule has 5 nitrogen and oxygen atoms in total. The second kappa shape index (κ2) is 5.71. The Labute approximate surface area is 122 Å². The normalized spacial score (nSPS) is 17.1. The van der Waals surface area contributed by atoms with E-state index in [1.807, 2.05) is 6.92 Å². The fourth-order valence-corrected chi connectivity index (χ4v) is 2.72. The van der Waals surface area contributed by atoms with Crippen molar-refractivity contribution in [2.24, 2.45) is 0 Å². The van der Waals surface area contributed by atoms with Crippen molar-refractivity contribution in [1.82, 2.24) is 5.32 Å². The molecule has 0 aliphatic carbocycles. The number of methoxy groups -OCH3 is 1. The summed E-state index contributed by atoms with van der Waals surface area (Å²) < 4.78 is 5.33. The molecule has 2 rings (SSSR count). The summed E-state index contributed by atoms with van der Waals surface area (Å²) in [6.07, 6.45) is 0.799. The van der Waals surface area contributed by atoms with Gasteiger partial charge in [0.1, 0.15) is 11.8 Å². The first kappa shape index (κ1) is 14.7. The zero-order valence-corrected chi connectivity index (χ0v) is 12.5. The molecule has 0 saturated heterocycles. The van der Waals surface area contributed by atoms with E-state index >= 15 is 0 Å². The van der Waals surface area contributed by atoms with Crippen LogP contribution in [0.2, 0.25) is 5.02 Å². The third-order valence-electron chi connectivity index (χ3n) is 3.21. The lowest BCUT2D eigenvalue weighted by molar-refractivity contribution is -0.126. The van der Waals surface area contributed by atoms with Gasteiger partial charge in [0.05, 0.1) is 12.8 Å². The first-order valence-corrected chi connectivity index (χ1v) is 6.83. The quantitative estimate of drug-likeness (QED) is 0.927. The number of anilines is 1. The Balaban J connectivity index is 2.59. The second-order valence-electron chi connectivity index (χ2n) is 4.64. The van der Waals surface area contributed by atoms with E-state index in [0.717, 1.165) is 6.42 Å². The van der Waals surface area contributed by atoms with E-state index in [-0.39, 0.29) is 11.8 Å². The van der Waals surface area contributed by atoms with Crippen molar-refractivity contribution < 1.29 is 14.3 Å². The number of hydrogen-bond donors (Lipinski definition) is 1. The number of hydrogen-bond acceptors (Lipinski definition) is 3. The number of halogens is 1. The highest BCUT2D eigenvalue weighted by molar-refractivity contribution is 6.33. The van der Waals surface area contributed by atoms with Crippen LogP contribution >= 0.6 is 11.6 Å². The summed E-state index contributed by atoms with van der Waals surface area (Å²) in [6, 6.07) is 2.67. The Bertz CT molecular complexity index is 560. The second-order valence-corrected chi connectivity index (χ2v) is 5.04. The summed E-state index contributed by atoms with van der Waals surface area (Å²) in [5.74, 6) is 0.133. The lowest BCUT2D eigenvalue weighted by Crippen LogP contribution is -2.37. The van der Waals surface area contributed by atoms with E-state index in [1.54, 1.807) is 24.1 Å². The summed E-state index contributed by atoms with van der Waals surface area (Å²) in [5, 5.41) is 3.11. The van der Waals surface area contributed by atoms with Gasteiger partial charge in [0.25, 0.3) is 5.91 Å². The molecule has 1 heterocycles. The maximum absolute atomic E-state index is 12.5. The Hall–Kier alpha value is -1.75. The van der Waals surface area contributed by atoms with E-state index in [0.29, 0.717) is 28.6 Å². The minimum absolute atomic E-state index is 0.177. The van der Waals surface area contributed by atoms with Gasteiger partial charge >= 0.3 is 0 Å². The van der Waals surface area contributed by atoms with E-state index in [2.05, 4.69) is 5.32 Å². The smallest absolute Gasteiger partial charge is 0.254 e. The number of fused-ring (bicyclic) bond motifs is 1. The Morgan fingerprint density at radius 1 is 1.50 bits per heavy atom. The Morgan fingerprint density at radius 2 is 2.20 bits per heavy atom. The maximum Gasteiger partial charge on any atom is 0.254 e. The van der Waals surface area contributed by atoms with Gasteiger partial charge in [-0.2, -0.15) is 0 Å². The average molecular weight is 297 g/mol. The van der Waals surface area contributed by atoms with E-state index < -0.39 is 6.04 Å².